The van der Waals surface area contributed by atoms with Gasteiger partial charge in [-0.3, -0.25) is 4.79 Å². The molecule has 0 saturated heterocycles. The molecular weight excluding hydrogens is 338 g/mol. The third-order valence-corrected chi connectivity index (χ3v) is 2.84. The van der Waals surface area contributed by atoms with Crippen LogP contribution < -0.4 is 10.6 Å². The van der Waals surface area contributed by atoms with Crippen LogP contribution in [0.1, 0.15) is 18.4 Å². The molecule has 1 aromatic carbocycles. The molecule has 0 aliphatic rings. The van der Waals surface area contributed by atoms with E-state index in [-0.39, 0.29) is 36.0 Å². The highest BCUT2D eigenvalue weighted by atomic mass is 79.9. The second-order valence-corrected chi connectivity index (χ2v) is 4.87. The Morgan fingerprint density at radius 1 is 1.20 bits per heavy atom. The summed E-state index contributed by atoms with van der Waals surface area (Å²) >= 11 is 2.95. The van der Waals surface area contributed by atoms with Crippen molar-refractivity contribution in [3.8, 4) is 0 Å². The minimum Gasteiger partial charge on any atom is -0.481 e. The number of benzene rings is 1. The van der Waals surface area contributed by atoms with Crippen molar-refractivity contribution in [1.82, 2.24) is 10.6 Å². The molecule has 0 saturated carbocycles. The van der Waals surface area contributed by atoms with Gasteiger partial charge in [0.2, 0.25) is 0 Å². The molecule has 0 spiro atoms. The van der Waals surface area contributed by atoms with Crippen LogP contribution in [0.2, 0.25) is 0 Å². The maximum absolute atomic E-state index is 13.5. The molecule has 0 bridgehead atoms. The Kier molecular flexibility index (Phi) is 6.37. The van der Waals surface area contributed by atoms with E-state index in [1.165, 1.54) is 0 Å². The Morgan fingerprint density at radius 3 is 2.35 bits per heavy atom. The van der Waals surface area contributed by atoms with E-state index in [1.807, 2.05) is 0 Å². The molecule has 0 fully saturated rings. The summed E-state index contributed by atoms with van der Waals surface area (Å²) in [6, 6.07) is 1.59. The highest BCUT2D eigenvalue weighted by Gasteiger charge is 2.11. The molecule has 0 aliphatic heterocycles. The molecule has 110 valence electrons. The van der Waals surface area contributed by atoms with E-state index in [1.54, 1.807) is 0 Å². The Morgan fingerprint density at radius 2 is 1.80 bits per heavy atom. The molecule has 0 atom stereocenters. The number of carboxylic acid groups (broad SMARTS) is 1. The van der Waals surface area contributed by atoms with Gasteiger partial charge in [0, 0.05) is 23.0 Å². The van der Waals surface area contributed by atoms with Crippen molar-refractivity contribution in [2.75, 3.05) is 6.54 Å². The average molecular weight is 351 g/mol. The Balaban J connectivity index is 2.40. The molecule has 5 nitrogen and oxygen atoms in total. The van der Waals surface area contributed by atoms with Crippen LogP contribution in [0.5, 0.6) is 0 Å². The number of nitrogens with one attached hydrogen (secondary N) is 2. The molecule has 20 heavy (non-hydrogen) atoms. The zero-order chi connectivity index (χ0) is 15.1. The average Bonchev–Trinajstić information content (AvgIpc) is 2.33. The lowest BCUT2D eigenvalue weighted by molar-refractivity contribution is -0.137. The summed E-state index contributed by atoms with van der Waals surface area (Å²) in [6.07, 6.45) is 0.222. The van der Waals surface area contributed by atoms with Crippen molar-refractivity contribution < 1.29 is 23.5 Å². The van der Waals surface area contributed by atoms with Crippen molar-refractivity contribution in [2.45, 2.75) is 19.4 Å². The Bertz CT molecular complexity index is 488. The van der Waals surface area contributed by atoms with Crippen LogP contribution in [-0.2, 0) is 11.3 Å². The predicted octanol–water partition coefficient (Wildman–Crippen LogP) is 2.39. The summed E-state index contributed by atoms with van der Waals surface area (Å²) in [5.41, 5.74) is -0.242. The lowest BCUT2D eigenvalue weighted by atomic mass is 10.2. The Hall–Kier alpha value is -1.70. The molecular formula is C12H13BrF2N2O3. The number of carboxylic acids is 1. The summed E-state index contributed by atoms with van der Waals surface area (Å²) in [5.74, 6) is -2.47. The third-order valence-electron chi connectivity index (χ3n) is 2.38. The van der Waals surface area contributed by atoms with Crippen molar-refractivity contribution in [2.24, 2.45) is 0 Å². The van der Waals surface area contributed by atoms with E-state index in [9.17, 15) is 18.4 Å². The van der Waals surface area contributed by atoms with E-state index in [2.05, 4.69) is 26.6 Å². The summed E-state index contributed by atoms with van der Waals surface area (Å²) in [4.78, 5) is 21.6. The quantitative estimate of drug-likeness (QED) is 0.689. The summed E-state index contributed by atoms with van der Waals surface area (Å²) < 4.78 is 27.2. The highest BCUT2D eigenvalue weighted by Crippen LogP contribution is 2.19. The molecule has 0 aliphatic carbocycles. The molecule has 2 amide bonds. The maximum Gasteiger partial charge on any atom is 0.315 e. The smallest absolute Gasteiger partial charge is 0.315 e. The molecule has 1 rings (SSSR count). The monoisotopic (exact) mass is 350 g/mol. The number of hydrogen-bond acceptors (Lipinski definition) is 2. The fraction of sp³-hybridized carbons (Fsp3) is 0.333. The van der Waals surface area contributed by atoms with Gasteiger partial charge in [-0.25, -0.2) is 13.6 Å². The number of hydrogen-bond donors (Lipinski definition) is 3. The van der Waals surface area contributed by atoms with Crippen LogP contribution in [0.15, 0.2) is 16.6 Å². The molecule has 0 unspecified atom stereocenters. The number of amides is 2. The van der Waals surface area contributed by atoms with E-state index in [0.29, 0.717) is 0 Å². The number of aliphatic carboxylic acids is 1. The van der Waals surface area contributed by atoms with Gasteiger partial charge in [0.25, 0.3) is 0 Å². The van der Waals surface area contributed by atoms with E-state index < -0.39 is 23.6 Å². The number of carbonyl (C=O) groups excluding carboxylic acids is 1. The first-order valence-electron chi connectivity index (χ1n) is 5.77. The lowest BCUT2D eigenvalue weighted by Crippen LogP contribution is -2.36. The van der Waals surface area contributed by atoms with Gasteiger partial charge in [0.15, 0.2) is 0 Å². The minimum absolute atomic E-state index is 0.0593. The molecule has 1 aromatic rings. The number of urea groups is 1. The van der Waals surface area contributed by atoms with Crippen LogP contribution in [0.25, 0.3) is 0 Å². The maximum atomic E-state index is 13.5. The molecule has 0 heterocycles. The minimum atomic E-state index is -0.953. The summed E-state index contributed by atoms with van der Waals surface area (Å²) in [5, 5.41) is 13.1. The van der Waals surface area contributed by atoms with Gasteiger partial charge in [0.05, 0.1) is 6.54 Å². The summed E-state index contributed by atoms with van der Waals surface area (Å²) in [6.45, 7) is -0.126. The van der Waals surface area contributed by atoms with Gasteiger partial charge in [-0.05, 0) is 18.6 Å². The number of rotatable bonds is 6. The topological polar surface area (TPSA) is 78.4 Å². The van der Waals surface area contributed by atoms with Crippen LogP contribution in [0, 0.1) is 11.6 Å². The second kappa shape index (κ2) is 7.78. The second-order valence-electron chi connectivity index (χ2n) is 3.95. The SMILES string of the molecule is O=C(O)CCCNC(=O)NCc1c(F)cc(Br)cc1F. The fourth-order valence-electron chi connectivity index (χ4n) is 1.41. The number of carbonyl (C=O) groups is 2. The van der Waals surface area contributed by atoms with Crippen molar-refractivity contribution in [3.63, 3.8) is 0 Å². The van der Waals surface area contributed by atoms with Gasteiger partial charge in [-0.1, -0.05) is 15.9 Å². The van der Waals surface area contributed by atoms with E-state index in [4.69, 9.17) is 5.11 Å². The van der Waals surface area contributed by atoms with Gasteiger partial charge in [-0.15, -0.1) is 0 Å². The standard InChI is InChI=1S/C12H13BrF2N2O3/c13-7-4-9(14)8(10(15)5-7)6-17-12(20)16-3-1-2-11(18)19/h4-5H,1-3,6H2,(H,18,19)(H2,16,17,20). The number of halogens is 3. The first-order chi connectivity index (χ1) is 9.40. The van der Waals surface area contributed by atoms with Crippen molar-refractivity contribution in [3.05, 3.63) is 33.8 Å². The first kappa shape index (κ1) is 16.4. The van der Waals surface area contributed by atoms with E-state index in [0.717, 1.165) is 12.1 Å². The zero-order valence-corrected chi connectivity index (χ0v) is 12.0. The van der Waals surface area contributed by atoms with Crippen LogP contribution in [-0.4, -0.2) is 23.7 Å². The summed E-state index contributed by atoms with van der Waals surface area (Å²) in [7, 11) is 0. The van der Waals surface area contributed by atoms with Crippen LogP contribution in [0.3, 0.4) is 0 Å². The van der Waals surface area contributed by atoms with Gasteiger partial charge >= 0.3 is 12.0 Å². The lowest BCUT2D eigenvalue weighted by Gasteiger charge is -2.09. The predicted molar refractivity (Wildman–Crippen MR) is 71.2 cm³/mol. The van der Waals surface area contributed by atoms with Crippen LogP contribution >= 0.6 is 15.9 Å². The molecule has 3 N–H and O–H groups in total. The fourth-order valence-corrected chi connectivity index (χ4v) is 1.82. The van der Waals surface area contributed by atoms with E-state index >= 15 is 0 Å². The van der Waals surface area contributed by atoms with Crippen molar-refractivity contribution in [1.29, 1.82) is 0 Å². The largest absolute Gasteiger partial charge is 0.481 e. The Labute approximate surface area is 122 Å². The van der Waals surface area contributed by atoms with Crippen molar-refractivity contribution >= 4 is 27.9 Å². The normalized spacial score (nSPS) is 10.2. The van der Waals surface area contributed by atoms with Gasteiger partial charge < -0.3 is 15.7 Å². The zero-order valence-electron chi connectivity index (χ0n) is 10.4. The van der Waals surface area contributed by atoms with Gasteiger partial charge in [0.1, 0.15) is 11.6 Å². The molecule has 8 heteroatoms. The highest BCUT2D eigenvalue weighted by molar-refractivity contribution is 9.10. The molecule has 0 radical (unpaired) electrons. The molecule has 0 aromatic heterocycles. The third kappa shape index (κ3) is 5.52. The first-order valence-corrected chi connectivity index (χ1v) is 6.56. The van der Waals surface area contributed by atoms with Gasteiger partial charge in [-0.2, -0.15) is 0 Å². The van der Waals surface area contributed by atoms with Crippen LogP contribution in [0.4, 0.5) is 13.6 Å².